The first kappa shape index (κ1) is 33.6. The standard InChI is InChI=1S/C29H37F2N9O4/c1-17(2)39(16-41)9-10-40-18(3)26(44)23(42)12-20(40)14-35-24(43)7-5-4-6-8-34-28-22(31)15-37-29(38-28)25(32)21-11-19(30)13-36-27(21)33/h11-13,15-17,32,44H,4-10,14H2,1-3H3,(H2,33,36)(H,35,43)(H,34,37,38). The number of nitrogen functional groups attached to an aromatic ring is 1. The van der Waals surface area contributed by atoms with Gasteiger partial charge >= 0.3 is 0 Å². The predicted molar refractivity (Wildman–Crippen MR) is 160 cm³/mol. The lowest BCUT2D eigenvalue weighted by atomic mass is 10.1. The third-order valence-corrected chi connectivity index (χ3v) is 6.97. The molecule has 0 spiro atoms. The highest BCUT2D eigenvalue weighted by Gasteiger charge is 2.17. The van der Waals surface area contributed by atoms with Crippen LogP contribution in [0, 0.1) is 24.0 Å². The average Bonchev–Trinajstić information content (AvgIpc) is 2.99. The second-order valence-electron chi connectivity index (χ2n) is 10.4. The molecule has 3 aromatic heterocycles. The van der Waals surface area contributed by atoms with Crippen molar-refractivity contribution in [1.82, 2.24) is 29.7 Å². The molecule has 3 aromatic rings. The molecule has 13 nitrogen and oxygen atoms in total. The van der Waals surface area contributed by atoms with Gasteiger partial charge in [-0.05, 0) is 39.7 Å². The number of aromatic nitrogens is 4. The second kappa shape index (κ2) is 15.5. The van der Waals surface area contributed by atoms with Gasteiger partial charge in [-0.1, -0.05) is 6.42 Å². The highest BCUT2D eigenvalue weighted by Crippen LogP contribution is 2.17. The molecule has 44 heavy (non-hydrogen) atoms. The van der Waals surface area contributed by atoms with E-state index >= 15 is 0 Å². The zero-order chi connectivity index (χ0) is 32.4. The summed E-state index contributed by atoms with van der Waals surface area (Å²) < 4.78 is 29.5. The van der Waals surface area contributed by atoms with Crippen molar-refractivity contribution < 1.29 is 23.5 Å². The number of carbonyl (C=O) groups is 2. The Kier molecular flexibility index (Phi) is 11.8. The zero-order valence-electron chi connectivity index (χ0n) is 24.9. The number of unbranched alkanes of at least 4 members (excludes halogenated alkanes) is 2. The number of nitrogens with two attached hydrogens (primary N) is 1. The molecular weight excluding hydrogens is 576 g/mol. The minimum atomic E-state index is -0.725. The van der Waals surface area contributed by atoms with Crippen LogP contribution in [0.15, 0.2) is 29.3 Å². The molecule has 15 heteroatoms. The lowest BCUT2D eigenvalue weighted by Gasteiger charge is -2.25. The molecule has 0 bridgehead atoms. The van der Waals surface area contributed by atoms with Gasteiger partial charge in [-0.25, -0.2) is 23.7 Å². The average molecular weight is 614 g/mol. The third-order valence-electron chi connectivity index (χ3n) is 6.97. The van der Waals surface area contributed by atoms with Crippen molar-refractivity contribution in [2.75, 3.05) is 24.1 Å². The summed E-state index contributed by atoms with van der Waals surface area (Å²) in [5, 5.41) is 24.0. The summed E-state index contributed by atoms with van der Waals surface area (Å²) in [4.78, 5) is 49.1. The highest BCUT2D eigenvalue weighted by atomic mass is 19.1. The van der Waals surface area contributed by atoms with Crippen LogP contribution in [0.25, 0.3) is 0 Å². The number of halogens is 2. The number of nitrogens with zero attached hydrogens (tertiary/aromatic N) is 5. The predicted octanol–water partition coefficient (Wildman–Crippen LogP) is 2.48. The van der Waals surface area contributed by atoms with Crippen LogP contribution in [0.4, 0.5) is 20.4 Å². The van der Waals surface area contributed by atoms with Crippen LogP contribution in [0.1, 0.15) is 62.3 Å². The quantitative estimate of drug-likeness (QED) is 0.0917. The van der Waals surface area contributed by atoms with Gasteiger partial charge in [-0.15, -0.1) is 0 Å². The van der Waals surface area contributed by atoms with Gasteiger partial charge in [0, 0.05) is 49.4 Å². The number of rotatable bonds is 16. The van der Waals surface area contributed by atoms with E-state index in [0.29, 0.717) is 50.3 Å². The molecule has 0 saturated carbocycles. The Morgan fingerprint density at radius 1 is 1.20 bits per heavy atom. The van der Waals surface area contributed by atoms with E-state index in [9.17, 15) is 28.3 Å². The van der Waals surface area contributed by atoms with Crippen molar-refractivity contribution in [3.63, 3.8) is 0 Å². The monoisotopic (exact) mass is 613 g/mol. The fourth-order valence-electron chi connectivity index (χ4n) is 4.38. The molecule has 0 aliphatic carbocycles. The van der Waals surface area contributed by atoms with Crippen molar-refractivity contribution in [2.45, 2.75) is 65.6 Å². The minimum Gasteiger partial charge on any atom is -0.503 e. The SMILES string of the molecule is Cc1c(O)c(=O)cc(CNC(=O)CCCCCNc2nc(C(=N)c3cc(F)cnc3N)ncc2F)n1CCN(C=O)C(C)C. The van der Waals surface area contributed by atoms with E-state index in [0.717, 1.165) is 24.9 Å². The summed E-state index contributed by atoms with van der Waals surface area (Å²) in [5.74, 6) is -2.37. The molecule has 0 aliphatic heterocycles. The fourth-order valence-corrected chi connectivity index (χ4v) is 4.38. The van der Waals surface area contributed by atoms with Crippen LogP contribution in [-0.2, 0) is 22.7 Å². The third kappa shape index (κ3) is 8.78. The molecule has 0 fully saturated rings. The Labute approximate surface area is 253 Å². The normalized spacial score (nSPS) is 11.0. The molecule has 6 N–H and O–H groups in total. The maximum Gasteiger partial charge on any atom is 0.223 e. The molecule has 236 valence electrons. The Hall–Kier alpha value is -4.95. The van der Waals surface area contributed by atoms with Crippen LogP contribution >= 0.6 is 0 Å². The highest BCUT2D eigenvalue weighted by molar-refractivity contribution is 6.11. The van der Waals surface area contributed by atoms with Crippen molar-refractivity contribution in [3.05, 3.63) is 69.2 Å². The van der Waals surface area contributed by atoms with Gasteiger partial charge in [0.2, 0.25) is 17.7 Å². The molecule has 0 saturated heterocycles. The van der Waals surface area contributed by atoms with E-state index in [1.54, 1.807) is 16.4 Å². The lowest BCUT2D eigenvalue weighted by molar-refractivity contribution is -0.121. The van der Waals surface area contributed by atoms with E-state index in [-0.39, 0.29) is 59.4 Å². The second-order valence-corrected chi connectivity index (χ2v) is 10.4. The fraction of sp³-hybridized carbons (Fsp3) is 0.414. The number of amides is 2. The smallest absolute Gasteiger partial charge is 0.223 e. The Morgan fingerprint density at radius 2 is 1.95 bits per heavy atom. The molecular formula is C29H37F2N9O4. The number of anilines is 2. The van der Waals surface area contributed by atoms with Crippen molar-refractivity contribution in [3.8, 4) is 5.75 Å². The zero-order valence-corrected chi connectivity index (χ0v) is 24.9. The summed E-state index contributed by atoms with van der Waals surface area (Å²) in [5.41, 5.74) is 5.71. The molecule has 0 aliphatic rings. The number of hydrogen-bond acceptors (Lipinski definition) is 10. The number of nitrogens with one attached hydrogen (secondary N) is 3. The van der Waals surface area contributed by atoms with Gasteiger partial charge in [0.05, 0.1) is 24.6 Å². The lowest BCUT2D eigenvalue weighted by Crippen LogP contribution is -2.34. The molecule has 3 rings (SSSR count). The number of carbonyl (C=O) groups excluding carboxylic acids is 2. The summed E-state index contributed by atoms with van der Waals surface area (Å²) in [6.07, 6.45) is 4.57. The van der Waals surface area contributed by atoms with E-state index < -0.39 is 17.1 Å². The van der Waals surface area contributed by atoms with E-state index in [4.69, 9.17) is 11.1 Å². The number of pyridine rings is 2. The molecule has 0 unspecified atom stereocenters. The van der Waals surface area contributed by atoms with Gasteiger partial charge < -0.3 is 30.9 Å². The summed E-state index contributed by atoms with van der Waals surface area (Å²) in [6.45, 7) is 6.46. The van der Waals surface area contributed by atoms with Crippen LogP contribution in [0.5, 0.6) is 5.75 Å². The van der Waals surface area contributed by atoms with Gasteiger partial charge in [0.25, 0.3) is 0 Å². The van der Waals surface area contributed by atoms with Crippen LogP contribution in [-0.4, -0.2) is 66.7 Å². The van der Waals surface area contributed by atoms with Gasteiger partial charge in [0.1, 0.15) is 17.3 Å². The van der Waals surface area contributed by atoms with E-state index in [1.165, 1.54) is 6.07 Å². The Bertz CT molecular complexity index is 1560. The number of hydrogen-bond donors (Lipinski definition) is 5. The summed E-state index contributed by atoms with van der Waals surface area (Å²) in [6, 6.07) is 2.29. The van der Waals surface area contributed by atoms with Gasteiger partial charge in [-0.3, -0.25) is 19.8 Å². The van der Waals surface area contributed by atoms with Crippen LogP contribution < -0.4 is 21.8 Å². The summed E-state index contributed by atoms with van der Waals surface area (Å²) >= 11 is 0. The first-order valence-electron chi connectivity index (χ1n) is 14.1. The van der Waals surface area contributed by atoms with Gasteiger partial charge in [-0.2, -0.15) is 0 Å². The maximum absolute atomic E-state index is 14.3. The number of aromatic hydroxyl groups is 1. The molecule has 0 atom stereocenters. The van der Waals surface area contributed by atoms with Crippen LogP contribution in [0.2, 0.25) is 0 Å². The Morgan fingerprint density at radius 3 is 2.66 bits per heavy atom. The Balaban J connectivity index is 1.47. The maximum atomic E-state index is 14.3. The van der Waals surface area contributed by atoms with E-state index in [2.05, 4.69) is 25.6 Å². The van der Waals surface area contributed by atoms with E-state index in [1.807, 2.05) is 13.8 Å². The van der Waals surface area contributed by atoms with Crippen molar-refractivity contribution >= 4 is 29.7 Å². The first-order chi connectivity index (χ1) is 20.9. The first-order valence-corrected chi connectivity index (χ1v) is 14.1. The topological polar surface area (TPSA) is 192 Å². The molecule has 0 radical (unpaired) electrons. The largest absolute Gasteiger partial charge is 0.503 e. The van der Waals surface area contributed by atoms with Gasteiger partial charge in [0.15, 0.2) is 23.2 Å². The summed E-state index contributed by atoms with van der Waals surface area (Å²) in [7, 11) is 0. The minimum absolute atomic E-state index is 0.0136. The molecule has 0 aromatic carbocycles. The van der Waals surface area contributed by atoms with Crippen molar-refractivity contribution in [2.24, 2.45) is 0 Å². The van der Waals surface area contributed by atoms with Crippen molar-refractivity contribution in [1.29, 1.82) is 5.41 Å². The van der Waals surface area contributed by atoms with Crippen LogP contribution in [0.3, 0.4) is 0 Å². The molecule has 2 amide bonds. The molecule has 3 heterocycles.